The second kappa shape index (κ2) is 2.54. The van der Waals surface area contributed by atoms with Crippen LogP contribution in [0.1, 0.15) is 41.5 Å². The summed E-state index contributed by atoms with van der Waals surface area (Å²) >= 11 is 0. The van der Waals surface area contributed by atoms with Crippen LogP contribution in [0, 0.1) is 7.05 Å². The quantitative estimate of drug-likeness (QED) is 0.502. The molecular weight excluding hydrogens is 122 g/mol. The SMILES string of the molecule is [CH2]N(C(C)(C)C)C(C)(C)C. The molecule has 10 heavy (non-hydrogen) atoms. The fourth-order valence-electron chi connectivity index (χ4n) is 1.01. The highest BCUT2D eigenvalue weighted by molar-refractivity contribution is 4.85. The largest absolute Gasteiger partial charge is 0.292 e. The minimum Gasteiger partial charge on any atom is -0.292 e. The topological polar surface area (TPSA) is 3.24 Å². The lowest BCUT2D eigenvalue weighted by atomic mass is 9.98. The summed E-state index contributed by atoms with van der Waals surface area (Å²) in [5.41, 5.74) is 0.330. The zero-order valence-electron chi connectivity index (χ0n) is 8.15. The molecule has 0 fully saturated rings. The molecule has 0 spiro atoms. The first-order valence-electron chi connectivity index (χ1n) is 3.76. The van der Waals surface area contributed by atoms with Crippen LogP contribution in [0.5, 0.6) is 0 Å². The molecule has 0 saturated heterocycles. The molecule has 0 aromatic carbocycles. The highest BCUT2D eigenvalue weighted by Crippen LogP contribution is 2.22. The molecule has 1 radical (unpaired) electrons. The van der Waals surface area contributed by atoms with Crippen molar-refractivity contribution in [1.82, 2.24) is 4.90 Å². The normalized spacial score (nSPS) is 14.4. The van der Waals surface area contributed by atoms with Gasteiger partial charge in [-0.2, -0.15) is 0 Å². The number of nitrogens with zero attached hydrogens (tertiary/aromatic N) is 1. The summed E-state index contributed by atoms with van der Waals surface area (Å²) in [6.07, 6.45) is 0. The second-order valence-corrected chi connectivity index (χ2v) is 4.77. The minimum atomic E-state index is 0.165. The summed E-state index contributed by atoms with van der Waals surface area (Å²) in [5, 5.41) is 0. The lowest BCUT2D eigenvalue weighted by molar-refractivity contribution is 0.0920. The number of hydrogen-bond donors (Lipinski definition) is 0. The van der Waals surface area contributed by atoms with E-state index in [4.69, 9.17) is 0 Å². The molecule has 0 amide bonds. The van der Waals surface area contributed by atoms with Gasteiger partial charge in [0.1, 0.15) is 0 Å². The fourth-order valence-corrected chi connectivity index (χ4v) is 1.01. The number of rotatable bonds is 0. The van der Waals surface area contributed by atoms with Crippen molar-refractivity contribution in [3.8, 4) is 0 Å². The zero-order chi connectivity index (χ0) is 8.58. The molecule has 0 aromatic heterocycles. The molecule has 0 unspecified atom stereocenters. The molecule has 61 valence electrons. The first kappa shape index (κ1) is 9.96. The second-order valence-electron chi connectivity index (χ2n) is 4.77. The maximum absolute atomic E-state index is 4.01. The predicted molar refractivity (Wildman–Crippen MR) is 46.7 cm³/mol. The van der Waals surface area contributed by atoms with Crippen molar-refractivity contribution in [2.24, 2.45) is 0 Å². The van der Waals surface area contributed by atoms with Crippen molar-refractivity contribution < 1.29 is 0 Å². The van der Waals surface area contributed by atoms with Crippen molar-refractivity contribution >= 4 is 0 Å². The Balaban J connectivity index is 4.23. The van der Waals surface area contributed by atoms with Gasteiger partial charge in [0.05, 0.1) is 0 Å². The molecule has 0 saturated carbocycles. The molecule has 0 rings (SSSR count). The van der Waals surface area contributed by atoms with Gasteiger partial charge in [-0.1, -0.05) is 0 Å². The fraction of sp³-hybridized carbons (Fsp3) is 0.889. The van der Waals surface area contributed by atoms with E-state index < -0.39 is 0 Å². The van der Waals surface area contributed by atoms with E-state index >= 15 is 0 Å². The van der Waals surface area contributed by atoms with Gasteiger partial charge in [-0.3, -0.25) is 4.90 Å². The smallest absolute Gasteiger partial charge is 0.0130 e. The van der Waals surface area contributed by atoms with Gasteiger partial charge < -0.3 is 0 Å². The van der Waals surface area contributed by atoms with Gasteiger partial charge in [-0.15, -0.1) is 0 Å². The van der Waals surface area contributed by atoms with Crippen molar-refractivity contribution in [3.05, 3.63) is 7.05 Å². The van der Waals surface area contributed by atoms with E-state index in [9.17, 15) is 0 Å². The molecule has 0 aromatic rings. The van der Waals surface area contributed by atoms with Crippen LogP contribution in [0.15, 0.2) is 0 Å². The van der Waals surface area contributed by atoms with E-state index in [1.165, 1.54) is 0 Å². The van der Waals surface area contributed by atoms with Gasteiger partial charge in [-0.25, -0.2) is 0 Å². The Labute approximate surface area is 65.4 Å². The Hall–Kier alpha value is -0.0400. The molecule has 1 heteroatoms. The summed E-state index contributed by atoms with van der Waals surface area (Å²) in [6, 6.07) is 0. The van der Waals surface area contributed by atoms with Crippen LogP contribution in [0.4, 0.5) is 0 Å². The van der Waals surface area contributed by atoms with Crippen LogP contribution < -0.4 is 0 Å². The highest BCUT2D eigenvalue weighted by Gasteiger charge is 2.27. The minimum absolute atomic E-state index is 0.165. The van der Waals surface area contributed by atoms with Crippen LogP contribution in [0.25, 0.3) is 0 Å². The van der Waals surface area contributed by atoms with Crippen LogP contribution in [-0.4, -0.2) is 16.0 Å². The van der Waals surface area contributed by atoms with Crippen molar-refractivity contribution in [3.63, 3.8) is 0 Å². The van der Waals surface area contributed by atoms with Crippen LogP contribution in [0.2, 0.25) is 0 Å². The molecule has 0 aliphatic carbocycles. The Morgan fingerprint density at radius 2 is 1.00 bits per heavy atom. The van der Waals surface area contributed by atoms with Gasteiger partial charge in [-0.05, 0) is 41.5 Å². The zero-order valence-corrected chi connectivity index (χ0v) is 8.15. The third-order valence-electron chi connectivity index (χ3n) is 1.62. The maximum Gasteiger partial charge on any atom is 0.0130 e. The highest BCUT2D eigenvalue weighted by atomic mass is 15.2. The maximum atomic E-state index is 4.01. The van der Waals surface area contributed by atoms with Crippen molar-refractivity contribution in [1.29, 1.82) is 0 Å². The van der Waals surface area contributed by atoms with Gasteiger partial charge in [0.25, 0.3) is 0 Å². The number of hydrogen-bond acceptors (Lipinski definition) is 1. The average Bonchev–Trinajstić information content (AvgIpc) is 1.59. The Morgan fingerprint density at radius 1 is 0.800 bits per heavy atom. The first-order chi connectivity index (χ1) is 4.15. The molecule has 0 atom stereocenters. The Bertz CT molecular complexity index is 88.9. The van der Waals surface area contributed by atoms with Crippen molar-refractivity contribution in [2.45, 2.75) is 52.6 Å². The molecule has 1 nitrogen and oxygen atoms in total. The Morgan fingerprint density at radius 3 is 1.00 bits per heavy atom. The van der Waals surface area contributed by atoms with Gasteiger partial charge in [0.15, 0.2) is 0 Å². The molecule has 0 bridgehead atoms. The van der Waals surface area contributed by atoms with E-state index in [1.54, 1.807) is 0 Å². The van der Waals surface area contributed by atoms with Crippen LogP contribution in [0.3, 0.4) is 0 Å². The third kappa shape index (κ3) is 2.70. The van der Waals surface area contributed by atoms with Crippen LogP contribution >= 0.6 is 0 Å². The van der Waals surface area contributed by atoms with Gasteiger partial charge in [0, 0.05) is 18.1 Å². The summed E-state index contributed by atoms with van der Waals surface area (Å²) < 4.78 is 0. The summed E-state index contributed by atoms with van der Waals surface area (Å²) in [7, 11) is 4.01. The predicted octanol–water partition coefficient (Wildman–Crippen LogP) is 2.68. The molecule has 0 heterocycles. The van der Waals surface area contributed by atoms with E-state index in [2.05, 4.69) is 53.5 Å². The summed E-state index contributed by atoms with van der Waals surface area (Å²) in [4.78, 5) is 2.12. The first-order valence-corrected chi connectivity index (χ1v) is 3.76. The standard InChI is InChI=1S/C9H20N/c1-8(2,3)10(7)9(4,5)6/h7H2,1-6H3. The Kier molecular flexibility index (Phi) is 2.53. The van der Waals surface area contributed by atoms with Gasteiger partial charge >= 0.3 is 0 Å². The average molecular weight is 142 g/mol. The van der Waals surface area contributed by atoms with Gasteiger partial charge in [0.2, 0.25) is 0 Å². The van der Waals surface area contributed by atoms with E-state index in [0.717, 1.165) is 0 Å². The lowest BCUT2D eigenvalue weighted by Gasteiger charge is -2.42. The summed E-state index contributed by atoms with van der Waals surface area (Å²) in [6.45, 7) is 13.0. The molecule has 0 N–H and O–H groups in total. The third-order valence-corrected chi connectivity index (χ3v) is 1.62. The van der Waals surface area contributed by atoms with E-state index in [-0.39, 0.29) is 11.1 Å². The molecule has 0 aliphatic rings. The lowest BCUT2D eigenvalue weighted by Crippen LogP contribution is -2.48. The molecular formula is C9H20N. The monoisotopic (exact) mass is 142 g/mol. The van der Waals surface area contributed by atoms with E-state index in [1.807, 2.05) is 0 Å². The molecule has 0 aliphatic heterocycles. The van der Waals surface area contributed by atoms with Crippen LogP contribution in [-0.2, 0) is 0 Å². The van der Waals surface area contributed by atoms with E-state index in [0.29, 0.717) is 0 Å². The van der Waals surface area contributed by atoms with Crippen molar-refractivity contribution in [2.75, 3.05) is 0 Å². The summed E-state index contributed by atoms with van der Waals surface area (Å²) in [5.74, 6) is 0.